The summed E-state index contributed by atoms with van der Waals surface area (Å²) in [6, 6.07) is 14.3. The number of nitrogens with one attached hydrogen (secondary N) is 2. The third kappa shape index (κ3) is 5.35. The van der Waals surface area contributed by atoms with Gasteiger partial charge in [0.25, 0.3) is 0 Å². The smallest absolute Gasteiger partial charge is 0.338 e. The average Bonchev–Trinajstić information content (AvgIpc) is 2.89. The van der Waals surface area contributed by atoms with E-state index in [0.29, 0.717) is 35.7 Å². The van der Waals surface area contributed by atoms with E-state index < -0.39 is 12.0 Å². The van der Waals surface area contributed by atoms with Gasteiger partial charge in [-0.15, -0.1) is 0 Å². The molecule has 2 N–H and O–H groups in total. The number of rotatable bonds is 8. The molecule has 4 rings (SSSR count). The first-order valence-electron chi connectivity index (χ1n) is 11.8. The molecule has 9 nitrogen and oxygen atoms in total. The van der Waals surface area contributed by atoms with Gasteiger partial charge in [-0.25, -0.2) is 9.59 Å². The molecule has 1 fully saturated rings. The van der Waals surface area contributed by atoms with Crippen molar-refractivity contribution in [2.75, 3.05) is 58.5 Å². The molecule has 2 aliphatic heterocycles. The van der Waals surface area contributed by atoms with Crippen molar-refractivity contribution in [3.05, 3.63) is 65.4 Å². The molecular formula is C26H32N4O5. The van der Waals surface area contributed by atoms with E-state index in [0.717, 1.165) is 37.6 Å². The molecule has 186 valence electrons. The van der Waals surface area contributed by atoms with Crippen LogP contribution in [-0.2, 0) is 9.53 Å². The summed E-state index contributed by atoms with van der Waals surface area (Å²) in [5.41, 5.74) is 2.70. The Morgan fingerprint density at radius 3 is 2.37 bits per heavy atom. The van der Waals surface area contributed by atoms with Gasteiger partial charge >= 0.3 is 12.0 Å². The minimum Gasteiger partial charge on any atom is -0.495 e. The number of amides is 2. The number of piperazine rings is 1. The van der Waals surface area contributed by atoms with Gasteiger partial charge in [0.1, 0.15) is 11.5 Å². The summed E-state index contributed by atoms with van der Waals surface area (Å²) in [6.45, 7) is 5.90. The lowest BCUT2D eigenvalue weighted by molar-refractivity contribution is -0.136. The molecule has 2 amide bonds. The molecule has 0 aromatic heterocycles. The summed E-state index contributed by atoms with van der Waals surface area (Å²) >= 11 is 0. The normalized spacial score (nSPS) is 18.5. The van der Waals surface area contributed by atoms with Crippen LogP contribution in [-0.4, -0.2) is 70.5 Å². The number of anilines is 1. The molecule has 0 spiro atoms. The van der Waals surface area contributed by atoms with Crippen molar-refractivity contribution in [1.29, 1.82) is 0 Å². The zero-order valence-corrected chi connectivity index (χ0v) is 20.4. The number of urea groups is 1. The molecule has 2 heterocycles. The highest BCUT2D eigenvalue weighted by molar-refractivity contribution is 5.95. The Bertz CT molecular complexity index is 1090. The van der Waals surface area contributed by atoms with Crippen LogP contribution in [0.5, 0.6) is 11.5 Å². The van der Waals surface area contributed by atoms with Gasteiger partial charge in [-0.3, -0.25) is 4.90 Å². The van der Waals surface area contributed by atoms with Crippen molar-refractivity contribution in [3.8, 4) is 11.5 Å². The molecule has 0 radical (unpaired) electrons. The molecular weight excluding hydrogens is 448 g/mol. The van der Waals surface area contributed by atoms with Crippen LogP contribution in [0.2, 0.25) is 0 Å². The van der Waals surface area contributed by atoms with Gasteiger partial charge in [0, 0.05) is 44.0 Å². The number of methoxy groups -OCH3 is 2. The second kappa shape index (κ2) is 11.1. The standard InChI is InChI=1S/C26H32N4O5/c1-4-35-21-11-7-5-9-18(21)24-23(25(31)34-3)19(27-26(32)28-24)17-29-13-15-30(16-14-29)20-10-6-8-12-22(20)33-2/h5-12,24H,4,13-17H2,1-3H3,(H2,27,28,32)/t24-/m1/s1. The lowest BCUT2D eigenvalue weighted by Gasteiger charge is -2.38. The number of carbonyl (C=O) groups is 2. The maximum Gasteiger partial charge on any atom is 0.338 e. The van der Waals surface area contributed by atoms with Crippen molar-refractivity contribution < 1.29 is 23.8 Å². The second-order valence-corrected chi connectivity index (χ2v) is 8.32. The number of para-hydroxylation sites is 3. The summed E-state index contributed by atoms with van der Waals surface area (Å²) in [7, 11) is 3.02. The Morgan fingerprint density at radius 1 is 1.00 bits per heavy atom. The Morgan fingerprint density at radius 2 is 1.69 bits per heavy atom. The number of benzene rings is 2. The van der Waals surface area contributed by atoms with Crippen LogP contribution in [0.25, 0.3) is 0 Å². The lowest BCUT2D eigenvalue weighted by Crippen LogP contribution is -2.51. The summed E-state index contributed by atoms with van der Waals surface area (Å²) in [5, 5.41) is 5.73. The predicted octanol–water partition coefficient (Wildman–Crippen LogP) is 2.70. The quantitative estimate of drug-likeness (QED) is 0.562. The number of ether oxygens (including phenoxy) is 3. The van der Waals surface area contributed by atoms with Crippen LogP contribution in [0, 0.1) is 0 Å². The number of esters is 1. The fourth-order valence-electron chi connectivity index (χ4n) is 4.59. The summed E-state index contributed by atoms with van der Waals surface area (Å²) < 4.78 is 16.4. The van der Waals surface area contributed by atoms with E-state index >= 15 is 0 Å². The van der Waals surface area contributed by atoms with Crippen molar-refractivity contribution in [2.24, 2.45) is 0 Å². The summed E-state index contributed by atoms with van der Waals surface area (Å²) in [5.74, 6) is 0.975. The van der Waals surface area contributed by atoms with Gasteiger partial charge in [0.15, 0.2) is 0 Å². The van der Waals surface area contributed by atoms with E-state index in [1.54, 1.807) is 7.11 Å². The molecule has 35 heavy (non-hydrogen) atoms. The summed E-state index contributed by atoms with van der Waals surface area (Å²) in [4.78, 5) is 30.1. The van der Waals surface area contributed by atoms with E-state index in [1.165, 1.54) is 7.11 Å². The molecule has 0 bridgehead atoms. The second-order valence-electron chi connectivity index (χ2n) is 8.32. The molecule has 1 atom stereocenters. The van der Waals surface area contributed by atoms with Gasteiger partial charge < -0.3 is 29.7 Å². The van der Waals surface area contributed by atoms with E-state index in [9.17, 15) is 9.59 Å². The van der Waals surface area contributed by atoms with Gasteiger partial charge in [-0.2, -0.15) is 0 Å². The fourth-order valence-corrected chi connectivity index (χ4v) is 4.59. The molecule has 2 aliphatic rings. The molecule has 1 saturated heterocycles. The van der Waals surface area contributed by atoms with E-state index in [1.807, 2.05) is 49.4 Å². The Kier molecular flexibility index (Phi) is 7.77. The van der Waals surface area contributed by atoms with Gasteiger partial charge in [-0.1, -0.05) is 30.3 Å². The molecule has 0 saturated carbocycles. The first-order valence-corrected chi connectivity index (χ1v) is 11.8. The zero-order chi connectivity index (χ0) is 24.8. The van der Waals surface area contributed by atoms with Crippen LogP contribution >= 0.6 is 0 Å². The van der Waals surface area contributed by atoms with E-state index in [-0.39, 0.29) is 6.03 Å². The van der Waals surface area contributed by atoms with Crippen molar-refractivity contribution in [2.45, 2.75) is 13.0 Å². The van der Waals surface area contributed by atoms with E-state index in [4.69, 9.17) is 14.2 Å². The fraction of sp³-hybridized carbons (Fsp3) is 0.385. The Labute approximate surface area is 205 Å². The van der Waals surface area contributed by atoms with Crippen LogP contribution in [0.15, 0.2) is 59.8 Å². The first kappa shape index (κ1) is 24.4. The van der Waals surface area contributed by atoms with Gasteiger partial charge in [0.2, 0.25) is 0 Å². The van der Waals surface area contributed by atoms with Crippen LogP contribution in [0.4, 0.5) is 10.5 Å². The molecule has 2 aromatic carbocycles. The Hall–Kier alpha value is -3.72. The third-order valence-corrected chi connectivity index (χ3v) is 6.27. The number of hydrogen-bond donors (Lipinski definition) is 2. The topological polar surface area (TPSA) is 92.4 Å². The molecule has 0 unspecified atom stereocenters. The minimum absolute atomic E-state index is 0.364. The van der Waals surface area contributed by atoms with E-state index in [2.05, 4.69) is 26.5 Å². The molecule has 2 aromatic rings. The SMILES string of the molecule is CCOc1ccccc1[C@H]1NC(=O)NC(CN2CCN(c3ccccc3OC)CC2)=C1C(=O)OC. The largest absolute Gasteiger partial charge is 0.495 e. The van der Waals surface area contributed by atoms with Crippen LogP contribution in [0.3, 0.4) is 0 Å². The van der Waals surface area contributed by atoms with Crippen molar-refractivity contribution in [3.63, 3.8) is 0 Å². The third-order valence-electron chi connectivity index (χ3n) is 6.27. The highest BCUT2D eigenvalue weighted by Crippen LogP contribution is 2.34. The van der Waals surface area contributed by atoms with Gasteiger partial charge in [0.05, 0.1) is 38.1 Å². The number of hydrogen-bond acceptors (Lipinski definition) is 7. The summed E-state index contributed by atoms with van der Waals surface area (Å²) in [6.07, 6.45) is 0. The van der Waals surface area contributed by atoms with Crippen molar-refractivity contribution in [1.82, 2.24) is 15.5 Å². The highest BCUT2D eigenvalue weighted by atomic mass is 16.5. The number of carbonyl (C=O) groups excluding carboxylic acids is 2. The first-order chi connectivity index (χ1) is 17.0. The molecule has 0 aliphatic carbocycles. The van der Waals surface area contributed by atoms with Gasteiger partial charge in [-0.05, 0) is 25.1 Å². The lowest BCUT2D eigenvalue weighted by atomic mass is 9.94. The van der Waals surface area contributed by atoms with Crippen molar-refractivity contribution >= 4 is 17.7 Å². The maximum atomic E-state index is 12.9. The Balaban J connectivity index is 1.57. The monoisotopic (exact) mass is 480 g/mol. The maximum absolute atomic E-state index is 12.9. The molecule has 9 heteroatoms. The predicted molar refractivity (Wildman–Crippen MR) is 133 cm³/mol. The highest BCUT2D eigenvalue weighted by Gasteiger charge is 2.36. The van der Waals surface area contributed by atoms with Crippen LogP contribution < -0.4 is 25.0 Å². The zero-order valence-electron chi connectivity index (χ0n) is 20.4. The average molecular weight is 481 g/mol. The van der Waals surface area contributed by atoms with Crippen LogP contribution in [0.1, 0.15) is 18.5 Å². The number of nitrogens with zero attached hydrogens (tertiary/aromatic N) is 2. The minimum atomic E-state index is -0.677.